The first kappa shape index (κ1) is 18.8. The van der Waals surface area contributed by atoms with Gasteiger partial charge in [0.05, 0.1) is 11.1 Å². The molecule has 0 aliphatic heterocycles. The zero-order valence-corrected chi connectivity index (χ0v) is 15.5. The Morgan fingerprint density at radius 2 is 2.00 bits per heavy atom. The summed E-state index contributed by atoms with van der Waals surface area (Å²) in [6, 6.07) is 12.7. The zero-order valence-electron chi connectivity index (χ0n) is 14.6. The number of halogens is 1. The van der Waals surface area contributed by atoms with E-state index in [2.05, 4.69) is 17.6 Å². The van der Waals surface area contributed by atoms with Gasteiger partial charge in [-0.05, 0) is 43.2 Å². The summed E-state index contributed by atoms with van der Waals surface area (Å²) in [5.41, 5.74) is 0.862. The third kappa shape index (κ3) is 3.93. The average molecular weight is 383 g/mol. The fourth-order valence-electron chi connectivity index (χ4n) is 2.88. The summed E-state index contributed by atoms with van der Waals surface area (Å²) in [4.78, 5) is 17.4. The van der Waals surface area contributed by atoms with Crippen LogP contribution in [0, 0.1) is 11.2 Å². The van der Waals surface area contributed by atoms with E-state index in [1.165, 1.54) is 29.7 Å². The highest BCUT2D eigenvalue weighted by molar-refractivity contribution is 7.80. The number of benzene rings is 2. The van der Waals surface area contributed by atoms with Crippen molar-refractivity contribution in [1.29, 1.82) is 5.41 Å². The lowest BCUT2D eigenvalue weighted by atomic mass is 10.1. The highest BCUT2D eigenvalue weighted by atomic mass is 32.1. The van der Waals surface area contributed by atoms with Crippen LogP contribution in [0.15, 0.2) is 58.4 Å². The third-order valence-corrected chi connectivity index (χ3v) is 4.51. The van der Waals surface area contributed by atoms with E-state index in [9.17, 15) is 14.3 Å². The maximum absolute atomic E-state index is 13.4. The van der Waals surface area contributed by atoms with Gasteiger partial charge in [-0.1, -0.05) is 24.3 Å². The number of phenols is 1. The van der Waals surface area contributed by atoms with Crippen molar-refractivity contribution in [3.8, 4) is 17.1 Å². The molecule has 0 saturated carbocycles. The number of nitrogens with one attached hydrogen (secondary N) is 1. The second-order valence-corrected chi connectivity index (χ2v) is 6.54. The lowest BCUT2D eigenvalue weighted by Gasteiger charge is -2.16. The van der Waals surface area contributed by atoms with Gasteiger partial charge in [0.15, 0.2) is 0 Å². The maximum atomic E-state index is 13.4. The van der Waals surface area contributed by atoms with Crippen LogP contribution in [0.1, 0.15) is 18.1 Å². The van der Waals surface area contributed by atoms with Gasteiger partial charge in [-0.25, -0.2) is 9.37 Å². The molecule has 3 aromatic rings. The number of phenolic OH excluding ortho intramolecular Hbond substituents is 1. The molecule has 1 aromatic heterocycles. The molecule has 0 aliphatic rings. The second-order valence-electron chi connectivity index (χ2n) is 6.11. The predicted octanol–water partition coefficient (Wildman–Crippen LogP) is 3.67. The molecule has 3 rings (SSSR count). The van der Waals surface area contributed by atoms with Crippen LogP contribution < -0.4 is 5.56 Å². The molecule has 0 amide bonds. The lowest BCUT2D eigenvalue weighted by Crippen LogP contribution is -2.30. The van der Waals surface area contributed by atoms with Crippen molar-refractivity contribution in [2.45, 2.75) is 24.9 Å². The molecule has 0 atom stereocenters. The number of aromatic nitrogens is 2. The zero-order chi connectivity index (χ0) is 19.6. The molecule has 0 aliphatic carbocycles. The topological polar surface area (TPSA) is 79.0 Å². The largest absolute Gasteiger partial charge is 0.507 e. The van der Waals surface area contributed by atoms with Crippen molar-refractivity contribution in [2.24, 2.45) is 0 Å². The normalized spacial score (nSPS) is 10.8. The first-order valence-corrected chi connectivity index (χ1v) is 8.75. The molecule has 0 unspecified atom stereocenters. The van der Waals surface area contributed by atoms with Crippen LogP contribution in [0.5, 0.6) is 5.75 Å². The van der Waals surface area contributed by atoms with Crippen LogP contribution in [0.25, 0.3) is 11.4 Å². The van der Waals surface area contributed by atoms with Crippen molar-refractivity contribution in [3.05, 3.63) is 75.8 Å². The SMILES string of the molecule is CC(=N)c1c(S)nc(-c2ccccc2O)n(CCc2cccc(F)c2)c1=O. The Bertz CT molecular complexity index is 1080. The van der Waals surface area contributed by atoms with E-state index in [4.69, 9.17) is 5.41 Å². The van der Waals surface area contributed by atoms with Gasteiger partial charge >= 0.3 is 0 Å². The van der Waals surface area contributed by atoms with Gasteiger partial charge < -0.3 is 10.5 Å². The summed E-state index contributed by atoms with van der Waals surface area (Å²) >= 11 is 4.26. The summed E-state index contributed by atoms with van der Waals surface area (Å²) in [5.74, 6) is -0.110. The predicted molar refractivity (Wildman–Crippen MR) is 105 cm³/mol. The van der Waals surface area contributed by atoms with Crippen molar-refractivity contribution >= 4 is 18.3 Å². The van der Waals surface area contributed by atoms with Crippen molar-refractivity contribution in [3.63, 3.8) is 0 Å². The van der Waals surface area contributed by atoms with E-state index < -0.39 is 5.56 Å². The minimum atomic E-state index is -0.419. The standard InChI is InChI=1S/C20H18FN3O2S/c1-12(22)17-19(27)23-18(15-7-2-3-8-16(15)25)24(20(17)26)10-9-13-5-4-6-14(21)11-13/h2-8,11,22,25,27H,9-10H2,1H3. The van der Waals surface area contributed by atoms with Gasteiger partial charge in [0.2, 0.25) is 0 Å². The van der Waals surface area contributed by atoms with E-state index in [1.807, 2.05) is 0 Å². The molecule has 1 heterocycles. The van der Waals surface area contributed by atoms with E-state index in [1.54, 1.807) is 30.3 Å². The first-order chi connectivity index (χ1) is 12.9. The molecule has 7 heteroatoms. The minimum Gasteiger partial charge on any atom is -0.507 e. The van der Waals surface area contributed by atoms with Gasteiger partial charge in [0, 0.05) is 12.3 Å². The van der Waals surface area contributed by atoms with Crippen LogP contribution in [-0.4, -0.2) is 20.4 Å². The van der Waals surface area contributed by atoms with Crippen LogP contribution in [0.3, 0.4) is 0 Å². The number of para-hydroxylation sites is 1. The van der Waals surface area contributed by atoms with E-state index in [0.29, 0.717) is 12.0 Å². The number of hydrogen-bond donors (Lipinski definition) is 3. The molecule has 27 heavy (non-hydrogen) atoms. The van der Waals surface area contributed by atoms with Gasteiger partial charge in [-0.2, -0.15) is 0 Å². The van der Waals surface area contributed by atoms with Crippen LogP contribution >= 0.6 is 12.6 Å². The van der Waals surface area contributed by atoms with Crippen molar-refractivity contribution in [1.82, 2.24) is 9.55 Å². The Balaban J connectivity index is 2.14. The third-order valence-electron chi connectivity index (χ3n) is 4.18. The van der Waals surface area contributed by atoms with Gasteiger partial charge in [-0.15, -0.1) is 12.6 Å². The van der Waals surface area contributed by atoms with Crippen molar-refractivity contribution < 1.29 is 9.50 Å². The Morgan fingerprint density at radius 3 is 2.67 bits per heavy atom. The summed E-state index contributed by atoms with van der Waals surface area (Å²) in [6.45, 7) is 1.71. The van der Waals surface area contributed by atoms with Crippen LogP contribution in [0.4, 0.5) is 4.39 Å². The molecule has 5 nitrogen and oxygen atoms in total. The van der Waals surface area contributed by atoms with Crippen LogP contribution in [0.2, 0.25) is 0 Å². The molecular weight excluding hydrogens is 365 g/mol. The first-order valence-electron chi connectivity index (χ1n) is 8.30. The molecule has 2 aromatic carbocycles. The Morgan fingerprint density at radius 1 is 1.26 bits per heavy atom. The van der Waals surface area contributed by atoms with Crippen molar-refractivity contribution in [2.75, 3.05) is 0 Å². The fourth-order valence-corrected chi connectivity index (χ4v) is 3.24. The monoisotopic (exact) mass is 383 g/mol. The van der Waals surface area contributed by atoms with Gasteiger partial charge in [0.25, 0.3) is 5.56 Å². The number of thiol groups is 1. The molecule has 0 bridgehead atoms. The number of nitrogens with zero attached hydrogens (tertiary/aromatic N) is 2. The molecular formula is C20H18FN3O2S. The summed E-state index contributed by atoms with van der Waals surface area (Å²) in [6.07, 6.45) is 0.391. The van der Waals surface area contributed by atoms with Gasteiger partial charge in [0.1, 0.15) is 22.4 Å². The molecule has 0 radical (unpaired) electrons. The highest BCUT2D eigenvalue weighted by Gasteiger charge is 2.19. The molecule has 2 N–H and O–H groups in total. The molecule has 138 valence electrons. The summed E-state index contributed by atoms with van der Waals surface area (Å²) in [7, 11) is 0. The molecule has 0 fully saturated rings. The maximum Gasteiger partial charge on any atom is 0.264 e. The van der Waals surface area contributed by atoms with Gasteiger partial charge in [-0.3, -0.25) is 9.36 Å². The summed E-state index contributed by atoms with van der Waals surface area (Å²) < 4.78 is 14.8. The highest BCUT2D eigenvalue weighted by Crippen LogP contribution is 2.28. The van der Waals surface area contributed by atoms with Crippen LogP contribution in [-0.2, 0) is 13.0 Å². The number of aromatic hydroxyl groups is 1. The molecule has 0 spiro atoms. The fraction of sp³-hybridized carbons (Fsp3) is 0.150. The second kappa shape index (κ2) is 7.75. The van der Waals surface area contributed by atoms with E-state index >= 15 is 0 Å². The Labute approximate surface area is 161 Å². The lowest BCUT2D eigenvalue weighted by molar-refractivity contribution is 0.476. The summed E-state index contributed by atoms with van der Waals surface area (Å²) in [5, 5.41) is 18.2. The minimum absolute atomic E-state index is 0.0176. The Hall–Kier alpha value is -2.93. The van der Waals surface area contributed by atoms with E-state index in [-0.39, 0.29) is 40.2 Å². The molecule has 0 saturated heterocycles. The number of hydrogen-bond acceptors (Lipinski definition) is 5. The quantitative estimate of drug-likeness (QED) is 0.357. The Kier molecular flexibility index (Phi) is 5.41. The smallest absolute Gasteiger partial charge is 0.264 e. The average Bonchev–Trinajstić information content (AvgIpc) is 2.61. The number of aryl methyl sites for hydroxylation is 1. The van der Waals surface area contributed by atoms with E-state index in [0.717, 1.165) is 5.56 Å². The number of rotatable bonds is 5.